The van der Waals surface area contributed by atoms with Crippen LogP contribution in [0.2, 0.25) is 0 Å². The topological polar surface area (TPSA) is 48.1 Å². The molecule has 2 heterocycles. The van der Waals surface area contributed by atoms with Crippen LogP contribution in [0.5, 0.6) is 0 Å². The van der Waals surface area contributed by atoms with Crippen LogP contribution in [0.3, 0.4) is 0 Å². The van der Waals surface area contributed by atoms with Gasteiger partial charge >= 0.3 is 0 Å². The van der Waals surface area contributed by atoms with Crippen LogP contribution in [0.25, 0.3) is 10.9 Å². The van der Waals surface area contributed by atoms with Gasteiger partial charge in [-0.1, -0.05) is 6.07 Å². The lowest BCUT2D eigenvalue weighted by Gasteiger charge is -2.10. The molecule has 1 aromatic heterocycles. The maximum Gasteiger partial charge on any atom is 0.220 e. The van der Waals surface area contributed by atoms with E-state index in [2.05, 4.69) is 53.7 Å². The molecular formula is C17H23N3O. The van der Waals surface area contributed by atoms with Crippen molar-refractivity contribution in [1.82, 2.24) is 15.2 Å². The number of benzene rings is 1. The van der Waals surface area contributed by atoms with E-state index in [0.717, 1.165) is 25.9 Å². The van der Waals surface area contributed by atoms with Gasteiger partial charge in [-0.25, -0.2) is 0 Å². The first-order valence-corrected chi connectivity index (χ1v) is 7.62. The second-order valence-electron chi connectivity index (χ2n) is 6.33. The van der Waals surface area contributed by atoms with Gasteiger partial charge in [0.05, 0.1) is 0 Å². The lowest BCUT2D eigenvalue weighted by Crippen LogP contribution is -2.15. The van der Waals surface area contributed by atoms with E-state index < -0.39 is 0 Å². The summed E-state index contributed by atoms with van der Waals surface area (Å²) in [6.45, 7) is 1.87. The second kappa shape index (κ2) is 5.90. The molecule has 1 amide bonds. The number of aromatic amines is 1. The molecule has 4 heteroatoms. The van der Waals surface area contributed by atoms with Crippen molar-refractivity contribution in [1.29, 1.82) is 0 Å². The Morgan fingerprint density at radius 1 is 1.33 bits per heavy atom. The highest BCUT2D eigenvalue weighted by molar-refractivity contribution is 5.84. The summed E-state index contributed by atoms with van der Waals surface area (Å²) in [6, 6.07) is 6.63. The molecule has 112 valence electrons. The Kier molecular flexibility index (Phi) is 3.97. The highest BCUT2D eigenvalue weighted by Gasteiger charge is 2.21. The van der Waals surface area contributed by atoms with Crippen LogP contribution in [0.1, 0.15) is 17.5 Å². The molecule has 1 saturated heterocycles. The van der Waals surface area contributed by atoms with E-state index in [1.165, 1.54) is 22.0 Å². The molecule has 2 N–H and O–H groups in total. The minimum absolute atomic E-state index is 0.189. The van der Waals surface area contributed by atoms with Crippen molar-refractivity contribution in [3.63, 3.8) is 0 Å². The van der Waals surface area contributed by atoms with E-state index in [1.807, 2.05) is 0 Å². The standard InChI is InChI=1S/C17H23N3O/c1-20(2)6-5-14-11-18-16-4-3-12(8-15(14)16)7-13-9-17(21)19-10-13/h3-4,8,11,13,18H,5-7,9-10H2,1-2H3,(H,19,21)/t13-/m0/s1. The fourth-order valence-corrected chi connectivity index (χ4v) is 3.05. The summed E-state index contributed by atoms with van der Waals surface area (Å²) in [6.07, 6.45) is 4.82. The number of nitrogens with zero attached hydrogens (tertiary/aromatic N) is 1. The van der Waals surface area contributed by atoms with Crippen molar-refractivity contribution < 1.29 is 4.79 Å². The van der Waals surface area contributed by atoms with Crippen LogP contribution in [-0.2, 0) is 17.6 Å². The van der Waals surface area contributed by atoms with Gasteiger partial charge in [-0.3, -0.25) is 4.79 Å². The fourth-order valence-electron chi connectivity index (χ4n) is 3.05. The number of carbonyl (C=O) groups excluding carboxylic acids is 1. The minimum atomic E-state index is 0.189. The maximum atomic E-state index is 11.3. The Morgan fingerprint density at radius 3 is 2.90 bits per heavy atom. The Bertz CT molecular complexity index is 645. The highest BCUT2D eigenvalue weighted by Crippen LogP contribution is 2.23. The summed E-state index contributed by atoms with van der Waals surface area (Å²) in [5.41, 5.74) is 3.91. The summed E-state index contributed by atoms with van der Waals surface area (Å²) < 4.78 is 0. The first-order chi connectivity index (χ1) is 10.1. The van der Waals surface area contributed by atoms with Crippen LogP contribution in [0, 0.1) is 5.92 Å². The molecule has 0 bridgehead atoms. The number of amides is 1. The Morgan fingerprint density at radius 2 is 2.19 bits per heavy atom. The van der Waals surface area contributed by atoms with Crippen molar-refractivity contribution >= 4 is 16.8 Å². The third kappa shape index (κ3) is 3.27. The molecule has 0 aliphatic carbocycles. The number of nitrogens with one attached hydrogen (secondary N) is 2. The smallest absolute Gasteiger partial charge is 0.220 e. The zero-order valence-corrected chi connectivity index (χ0v) is 12.8. The van der Waals surface area contributed by atoms with Crippen LogP contribution in [0.15, 0.2) is 24.4 Å². The number of H-pyrrole nitrogens is 1. The average molecular weight is 285 g/mol. The summed E-state index contributed by atoms with van der Waals surface area (Å²) in [5, 5.41) is 4.24. The number of fused-ring (bicyclic) bond motifs is 1. The Labute approximate surface area is 125 Å². The molecule has 1 aliphatic heterocycles. The number of likely N-dealkylation sites (N-methyl/N-ethyl adjacent to an activating group) is 1. The maximum absolute atomic E-state index is 11.3. The monoisotopic (exact) mass is 285 g/mol. The van der Waals surface area contributed by atoms with Gasteiger partial charge < -0.3 is 15.2 Å². The van der Waals surface area contributed by atoms with Crippen LogP contribution < -0.4 is 5.32 Å². The molecule has 2 aromatic rings. The molecular weight excluding hydrogens is 262 g/mol. The molecule has 0 radical (unpaired) electrons. The summed E-state index contributed by atoms with van der Waals surface area (Å²) in [5.74, 6) is 0.633. The second-order valence-corrected chi connectivity index (χ2v) is 6.33. The summed E-state index contributed by atoms with van der Waals surface area (Å²) in [4.78, 5) is 16.9. The first kappa shape index (κ1) is 14.1. The van der Waals surface area contributed by atoms with Crippen LogP contribution in [-0.4, -0.2) is 43.0 Å². The lowest BCUT2D eigenvalue weighted by atomic mass is 9.97. The van der Waals surface area contributed by atoms with Gasteiger partial charge in [0.15, 0.2) is 0 Å². The minimum Gasteiger partial charge on any atom is -0.361 e. The SMILES string of the molecule is CN(C)CCc1c[nH]c2ccc(C[C@@H]3CNC(=O)C3)cc12. The average Bonchev–Trinajstić information content (AvgIpc) is 3.03. The van der Waals surface area contributed by atoms with Gasteiger partial charge in [-0.2, -0.15) is 0 Å². The Balaban J connectivity index is 1.77. The van der Waals surface area contributed by atoms with E-state index >= 15 is 0 Å². The molecule has 4 nitrogen and oxygen atoms in total. The molecule has 0 spiro atoms. The van der Waals surface area contributed by atoms with Gasteiger partial charge in [0, 0.05) is 36.6 Å². The van der Waals surface area contributed by atoms with E-state index in [0.29, 0.717) is 12.3 Å². The Hall–Kier alpha value is -1.81. The van der Waals surface area contributed by atoms with Crippen LogP contribution in [0.4, 0.5) is 0 Å². The van der Waals surface area contributed by atoms with Gasteiger partial charge in [-0.15, -0.1) is 0 Å². The van der Waals surface area contributed by atoms with Crippen LogP contribution >= 0.6 is 0 Å². The molecule has 0 saturated carbocycles. The molecule has 1 aliphatic rings. The van der Waals surface area contributed by atoms with E-state index in [9.17, 15) is 4.79 Å². The van der Waals surface area contributed by atoms with Gasteiger partial charge in [0.2, 0.25) is 5.91 Å². The quantitative estimate of drug-likeness (QED) is 0.882. The van der Waals surface area contributed by atoms with Crippen molar-refractivity contribution in [3.8, 4) is 0 Å². The van der Waals surface area contributed by atoms with E-state index in [-0.39, 0.29) is 5.91 Å². The van der Waals surface area contributed by atoms with Gasteiger partial charge in [-0.05, 0) is 56.1 Å². The van der Waals surface area contributed by atoms with Crippen molar-refractivity contribution in [2.45, 2.75) is 19.3 Å². The summed E-state index contributed by atoms with van der Waals surface area (Å²) >= 11 is 0. The number of carbonyl (C=O) groups is 1. The van der Waals surface area contributed by atoms with Gasteiger partial charge in [0.1, 0.15) is 0 Å². The number of rotatable bonds is 5. The normalized spacial score (nSPS) is 18.6. The largest absolute Gasteiger partial charge is 0.361 e. The fraction of sp³-hybridized carbons (Fsp3) is 0.471. The predicted octanol–water partition coefficient (Wildman–Crippen LogP) is 1.95. The number of hydrogen-bond donors (Lipinski definition) is 2. The van der Waals surface area contributed by atoms with Gasteiger partial charge in [0.25, 0.3) is 0 Å². The van der Waals surface area contributed by atoms with Crippen molar-refractivity contribution in [2.75, 3.05) is 27.2 Å². The molecule has 0 unspecified atom stereocenters. The molecule has 1 fully saturated rings. The van der Waals surface area contributed by atoms with E-state index in [1.54, 1.807) is 0 Å². The zero-order chi connectivity index (χ0) is 14.8. The number of aromatic nitrogens is 1. The molecule has 1 atom stereocenters. The molecule has 3 rings (SSSR count). The predicted molar refractivity (Wildman–Crippen MR) is 85.4 cm³/mol. The molecule has 1 aromatic carbocycles. The zero-order valence-electron chi connectivity index (χ0n) is 12.8. The van der Waals surface area contributed by atoms with Crippen molar-refractivity contribution in [3.05, 3.63) is 35.5 Å². The lowest BCUT2D eigenvalue weighted by molar-refractivity contribution is -0.119. The van der Waals surface area contributed by atoms with Crippen molar-refractivity contribution in [2.24, 2.45) is 5.92 Å². The van der Waals surface area contributed by atoms with E-state index in [4.69, 9.17) is 0 Å². The number of hydrogen-bond acceptors (Lipinski definition) is 2. The summed E-state index contributed by atoms with van der Waals surface area (Å²) in [7, 11) is 4.20. The third-order valence-corrected chi connectivity index (χ3v) is 4.25. The third-order valence-electron chi connectivity index (χ3n) is 4.25. The molecule has 21 heavy (non-hydrogen) atoms. The highest BCUT2D eigenvalue weighted by atomic mass is 16.1. The first-order valence-electron chi connectivity index (χ1n) is 7.62.